The predicted octanol–water partition coefficient (Wildman–Crippen LogP) is 4.82. The van der Waals surface area contributed by atoms with Gasteiger partial charge >= 0.3 is 0 Å². The van der Waals surface area contributed by atoms with Crippen molar-refractivity contribution in [1.29, 1.82) is 0 Å². The number of nitrogens with one attached hydrogen (secondary N) is 2. The van der Waals surface area contributed by atoms with Gasteiger partial charge in [0.15, 0.2) is 5.13 Å². The van der Waals surface area contributed by atoms with E-state index < -0.39 is 0 Å². The summed E-state index contributed by atoms with van der Waals surface area (Å²) in [6, 6.07) is 13.3. The molecule has 130 valence electrons. The minimum absolute atomic E-state index is 0.210. The Bertz CT molecular complexity index is 1100. The van der Waals surface area contributed by atoms with E-state index in [4.69, 9.17) is 11.6 Å². The van der Waals surface area contributed by atoms with Gasteiger partial charge in [0.05, 0.1) is 23.0 Å². The number of anilines is 1. The summed E-state index contributed by atoms with van der Waals surface area (Å²) in [5.74, 6) is -0.210. The van der Waals surface area contributed by atoms with Crippen molar-refractivity contribution in [2.45, 2.75) is 13.3 Å². The molecule has 5 nitrogen and oxygen atoms in total. The van der Waals surface area contributed by atoms with Gasteiger partial charge < -0.3 is 0 Å². The van der Waals surface area contributed by atoms with Gasteiger partial charge in [0.25, 0.3) is 5.91 Å². The van der Waals surface area contributed by atoms with Crippen LogP contribution in [0.15, 0.2) is 48.7 Å². The number of aromatic amines is 1. The van der Waals surface area contributed by atoms with Crippen LogP contribution >= 0.6 is 22.9 Å². The normalized spacial score (nSPS) is 11.0. The molecule has 2 N–H and O–H groups in total. The first-order valence-corrected chi connectivity index (χ1v) is 9.24. The highest BCUT2D eigenvalue weighted by Gasteiger charge is 2.15. The van der Waals surface area contributed by atoms with Gasteiger partial charge in [-0.25, -0.2) is 4.98 Å². The first-order chi connectivity index (χ1) is 12.6. The predicted molar refractivity (Wildman–Crippen MR) is 105 cm³/mol. The number of thiazole rings is 1. The van der Waals surface area contributed by atoms with E-state index in [9.17, 15) is 4.79 Å². The van der Waals surface area contributed by atoms with Crippen LogP contribution in [-0.4, -0.2) is 21.1 Å². The van der Waals surface area contributed by atoms with E-state index in [1.807, 2.05) is 43.3 Å². The largest absolute Gasteiger partial charge is 0.298 e. The number of carbonyl (C=O) groups excluding carboxylic acids is 1. The fourth-order valence-electron chi connectivity index (χ4n) is 2.78. The zero-order valence-corrected chi connectivity index (χ0v) is 15.5. The average Bonchev–Trinajstić information content (AvgIpc) is 3.23. The van der Waals surface area contributed by atoms with Gasteiger partial charge in [0, 0.05) is 21.7 Å². The third-order valence-electron chi connectivity index (χ3n) is 4.14. The molecule has 0 aliphatic rings. The summed E-state index contributed by atoms with van der Waals surface area (Å²) in [5, 5.41) is 12.0. The summed E-state index contributed by atoms with van der Waals surface area (Å²) in [7, 11) is 0. The number of aromatic nitrogens is 3. The Morgan fingerprint density at radius 3 is 2.92 bits per heavy atom. The average molecular weight is 383 g/mol. The van der Waals surface area contributed by atoms with Crippen molar-refractivity contribution in [2.75, 3.05) is 5.32 Å². The van der Waals surface area contributed by atoms with Gasteiger partial charge in [0.1, 0.15) is 0 Å². The quantitative estimate of drug-likeness (QED) is 0.531. The zero-order chi connectivity index (χ0) is 18.1. The van der Waals surface area contributed by atoms with Crippen LogP contribution in [0, 0.1) is 6.92 Å². The van der Waals surface area contributed by atoms with E-state index in [0.717, 1.165) is 32.1 Å². The number of carbonyl (C=O) groups is 1. The van der Waals surface area contributed by atoms with Crippen LogP contribution in [0.25, 0.3) is 10.9 Å². The van der Waals surface area contributed by atoms with E-state index in [1.54, 1.807) is 12.3 Å². The lowest BCUT2D eigenvalue weighted by molar-refractivity contribution is 0.102. The highest BCUT2D eigenvalue weighted by molar-refractivity contribution is 7.15. The molecule has 1 amide bonds. The van der Waals surface area contributed by atoms with Crippen LogP contribution in [0.1, 0.15) is 26.5 Å². The first-order valence-electron chi connectivity index (χ1n) is 8.05. The van der Waals surface area contributed by atoms with Crippen molar-refractivity contribution in [1.82, 2.24) is 15.2 Å². The van der Waals surface area contributed by atoms with Crippen molar-refractivity contribution in [3.8, 4) is 0 Å². The SMILES string of the molecule is Cc1nc(NC(=O)c2cccc3cn[nH]c23)sc1Cc1ccccc1Cl. The lowest BCUT2D eigenvalue weighted by Crippen LogP contribution is -2.12. The number of fused-ring (bicyclic) bond motifs is 1. The molecule has 0 fully saturated rings. The van der Waals surface area contributed by atoms with Gasteiger partial charge in [-0.2, -0.15) is 5.10 Å². The maximum absolute atomic E-state index is 12.6. The fraction of sp³-hybridized carbons (Fsp3) is 0.105. The monoisotopic (exact) mass is 382 g/mol. The molecule has 2 aromatic carbocycles. The number of para-hydroxylation sites is 1. The summed E-state index contributed by atoms with van der Waals surface area (Å²) in [6.45, 7) is 1.94. The van der Waals surface area contributed by atoms with Gasteiger partial charge in [-0.3, -0.25) is 15.2 Å². The second-order valence-electron chi connectivity index (χ2n) is 5.89. The van der Waals surface area contributed by atoms with E-state index in [0.29, 0.717) is 17.1 Å². The molecular formula is C19H15ClN4OS. The molecule has 4 aromatic rings. The molecule has 7 heteroatoms. The van der Waals surface area contributed by atoms with Gasteiger partial charge in [-0.05, 0) is 24.6 Å². The maximum atomic E-state index is 12.6. The number of nitrogens with zero attached hydrogens (tertiary/aromatic N) is 2. The first kappa shape index (κ1) is 16.8. The Balaban J connectivity index is 1.57. The number of hydrogen-bond donors (Lipinski definition) is 2. The molecule has 0 spiro atoms. The molecule has 0 unspecified atom stereocenters. The van der Waals surface area contributed by atoms with Crippen LogP contribution in [-0.2, 0) is 6.42 Å². The Hall–Kier alpha value is -2.70. The van der Waals surface area contributed by atoms with Crippen molar-refractivity contribution in [3.05, 3.63) is 75.4 Å². The summed E-state index contributed by atoms with van der Waals surface area (Å²) in [5.41, 5.74) is 3.20. The number of H-pyrrole nitrogens is 1. The number of aryl methyl sites for hydroxylation is 1. The molecule has 0 radical (unpaired) electrons. The van der Waals surface area contributed by atoms with Crippen LogP contribution < -0.4 is 5.32 Å². The fourth-order valence-corrected chi connectivity index (χ4v) is 3.97. The molecule has 2 heterocycles. The summed E-state index contributed by atoms with van der Waals surface area (Å²) < 4.78 is 0. The Morgan fingerprint density at radius 2 is 2.08 bits per heavy atom. The molecule has 0 bridgehead atoms. The third-order valence-corrected chi connectivity index (χ3v) is 5.58. The maximum Gasteiger partial charge on any atom is 0.259 e. The second-order valence-corrected chi connectivity index (χ2v) is 7.38. The highest BCUT2D eigenvalue weighted by atomic mass is 35.5. The minimum Gasteiger partial charge on any atom is -0.298 e. The van der Waals surface area contributed by atoms with Crippen molar-refractivity contribution in [3.63, 3.8) is 0 Å². The topological polar surface area (TPSA) is 70.7 Å². The van der Waals surface area contributed by atoms with Crippen LogP contribution in [0.3, 0.4) is 0 Å². The van der Waals surface area contributed by atoms with E-state index in [-0.39, 0.29) is 5.91 Å². The molecule has 0 aliphatic heterocycles. The standard InChI is InChI=1S/C19H15ClN4OS/c1-11-16(9-12-5-2-3-8-15(12)20)26-19(22-11)23-18(25)14-7-4-6-13-10-21-24-17(13)14/h2-8,10H,9H2,1H3,(H,21,24)(H,22,23,25). The summed E-state index contributed by atoms with van der Waals surface area (Å²) >= 11 is 7.71. The molecule has 0 saturated carbocycles. The van der Waals surface area contributed by atoms with Gasteiger partial charge in [-0.1, -0.05) is 41.9 Å². The number of halogens is 1. The Morgan fingerprint density at radius 1 is 1.23 bits per heavy atom. The Labute approximate surface area is 159 Å². The molecule has 0 saturated heterocycles. The number of benzene rings is 2. The van der Waals surface area contributed by atoms with Crippen molar-refractivity contribution < 1.29 is 4.79 Å². The smallest absolute Gasteiger partial charge is 0.259 e. The number of hydrogen-bond acceptors (Lipinski definition) is 4. The van der Waals surface area contributed by atoms with Crippen LogP contribution in [0.4, 0.5) is 5.13 Å². The molecule has 26 heavy (non-hydrogen) atoms. The minimum atomic E-state index is -0.210. The molecule has 0 aliphatic carbocycles. The van der Waals surface area contributed by atoms with E-state index >= 15 is 0 Å². The Kier molecular flexibility index (Phi) is 4.44. The van der Waals surface area contributed by atoms with Gasteiger partial charge in [-0.15, -0.1) is 11.3 Å². The molecular weight excluding hydrogens is 368 g/mol. The van der Waals surface area contributed by atoms with Crippen molar-refractivity contribution in [2.24, 2.45) is 0 Å². The number of rotatable bonds is 4. The van der Waals surface area contributed by atoms with Crippen LogP contribution in [0.2, 0.25) is 5.02 Å². The summed E-state index contributed by atoms with van der Waals surface area (Å²) in [4.78, 5) is 18.2. The molecule has 4 rings (SSSR count). The molecule has 0 atom stereocenters. The lowest BCUT2D eigenvalue weighted by Gasteiger charge is -2.03. The van der Waals surface area contributed by atoms with E-state index in [1.165, 1.54) is 11.3 Å². The number of amides is 1. The highest BCUT2D eigenvalue weighted by Crippen LogP contribution is 2.28. The molecule has 2 aromatic heterocycles. The van der Waals surface area contributed by atoms with Crippen LogP contribution in [0.5, 0.6) is 0 Å². The lowest BCUT2D eigenvalue weighted by atomic mass is 10.1. The van der Waals surface area contributed by atoms with Crippen molar-refractivity contribution >= 4 is 44.9 Å². The second kappa shape index (κ2) is 6.90. The zero-order valence-electron chi connectivity index (χ0n) is 13.9. The van der Waals surface area contributed by atoms with Gasteiger partial charge in [0.2, 0.25) is 0 Å². The summed E-state index contributed by atoms with van der Waals surface area (Å²) in [6.07, 6.45) is 2.39. The third kappa shape index (κ3) is 3.21. The van der Waals surface area contributed by atoms with E-state index in [2.05, 4.69) is 20.5 Å².